The molecule has 94 valence electrons. The van der Waals surface area contributed by atoms with Gasteiger partial charge in [-0.05, 0) is 25.7 Å². The molecule has 0 bridgehead atoms. The van der Waals surface area contributed by atoms with Crippen molar-refractivity contribution >= 4 is 5.91 Å². The molecule has 4 heteroatoms. The van der Waals surface area contributed by atoms with Crippen LogP contribution in [0.4, 0.5) is 0 Å². The van der Waals surface area contributed by atoms with Gasteiger partial charge in [0.25, 0.3) is 0 Å². The zero-order chi connectivity index (χ0) is 12.5. The number of nitrogens with two attached hydrogens (primary N) is 1. The van der Waals surface area contributed by atoms with E-state index < -0.39 is 5.41 Å². The summed E-state index contributed by atoms with van der Waals surface area (Å²) >= 11 is 0. The lowest BCUT2D eigenvalue weighted by atomic mass is 9.84. The first kappa shape index (κ1) is 12.4. The molecule has 1 aliphatic carbocycles. The molecule has 0 aromatic heterocycles. The van der Waals surface area contributed by atoms with Crippen molar-refractivity contribution in [1.29, 1.82) is 0 Å². The molecule has 2 rings (SSSR count). The Morgan fingerprint density at radius 2 is 2.35 bits per heavy atom. The molecule has 1 amide bonds. The fourth-order valence-electron chi connectivity index (χ4n) is 2.21. The van der Waals surface area contributed by atoms with Crippen molar-refractivity contribution in [2.24, 2.45) is 17.1 Å². The van der Waals surface area contributed by atoms with Crippen LogP contribution in [-0.2, 0) is 9.53 Å². The first-order chi connectivity index (χ1) is 8.08. The summed E-state index contributed by atoms with van der Waals surface area (Å²) < 4.78 is 5.32. The van der Waals surface area contributed by atoms with Gasteiger partial charge in [-0.15, -0.1) is 6.42 Å². The molecule has 1 aliphatic heterocycles. The summed E-state index contributed by atoms with van der Waals surface area (Å²) in [4.78, 5) is 14.3. The maximum absolute atomic E-state index is 12.5. The van der Waals surface area contributed by atoms with Crippen molar-refractivity contribution in [1.82, 2.24) is 4.90 Å². The highest BCUT2D eigenvalue weighted by Gasteiger charge is 2.46. The summed E-state index contributed by atoms with van der Waals surface area (Å²) in [6.07, 6.45) is 7.74. The summed E-state index contributed by atoms with van der Waals surface area (Å²) in [5, 5.41) is 0. The number of hydrogen-bond donors (Lipinski definition) is 1. The number of rotatable bonds is 4. The summed E-state index contributed by atoms with van der Waals surface area (Å²) in [6.45, 7) is 3.88. The van der Waals surface area contributed by atoms with Crippen LogP contribution in [0.1, 0.15) is 19.8 Å². The van der Waals surface area contributed by atoms with E-state index in [2.05, 4.69) is 5.92 Å². The van der Waals surface area contributed by atoms with Crippen molar-refractivity contribution in [2.45, 2.75) is 25.8 Å². The van der Waals surface area contributed by atoms with E-state index in [-0.39, 0.29) is 11.9 Å². The Bertz CT molecular complexity index is 346. The van der Waals surface area contributed by atoms with Gasteiger partial charge in [0.05, 0.1) is 25.2 Å². The van der Waals surface area contributed by atoms with Gasteiger partial charge in [-0.25, -0.2) is 0 Å². The van der Waals surface area contributed by atoms with Crippen molar-refractivity contribution in [3.8, 4) is 12.3 Å². The predicted octanol–water partition coefficient (Wildman–Crippen LogP) is 0.222. The van der Waals surface area contributed by atoms with E-state index in [1.165, 1.54) is 12.8 Å². The highest BCUT2D eigenvalue weighted by molar-refractivity contribution is 5.84. The first-order valence-electron chi connectivity index (χ1n) is 6.14. The van der Waals surface area contributed by atoms with Crippen LogP contribution in [0.15, 0.2) is 0 Å². The van der Waals surface area contributed by atoms with E-state index in [0.29, 0.717) is 25.7 Å². The zero-order valence-electron chi connectivity index (χ0n) is 10.3. The van der Waals surface area contributed by atoms with Gasteiger partial charge in [0.2, 0.25) is 5.91 Å². The fraction of sp³-hybridized carbons (Fsp3) is 0.769. The summed E-state index contributed by atoms with van der Waals surface area (Å²) in [5.41, 5.74) is 5.36. The van der Waals surface area contributed by atoms with E-state index in [1.807, 2.05) is 6.92 Å². The Kier molecular flexibility index (Phi) is 3.41. The molecule has 4 nitrogen and oxygen atoms in total. The smallest absolute Gasteiger partial charge is 0.233 e. The number of carbonyl (C=O) groups is 1. The van der Waals surface area contributed by atoms with Crippen LogP contribution < -0.4 is 5.73 Å². The lowest BCUT2D eigenvalue weighted by Gasteiger charge is -2.32. The summed E-state index contributed by atoms with van der Waals surface area (Å²) in [7, 11) is 0. The summed E-state index contributed by atoms with van der Waals surface area (Å²) in [5.74, 6) is 3.24. The average molecular weight is 236 g/mol. The van der Waals surface area contributed by atoms with E-state index in [1.54, 1.807) is 4.90 Å². The fourth-order valence-corrected chi connectivity index (χ4v) is 2.21. The van der Waals surface area contributed by atoms with Crippen LogP contribution in [0.25, 0.3) is 0 Å². The first-order valence-corrected chi connectivity index (χ1v) is 6.14. The Hall–Kier alpha value is -1.05. The number of terminal acetylenes is 1. The Labute approximate surface area is 102 Å². The second kappa shape index (κ2) is 4.67. The molecule has 0 aromatic rings. The average Bonchev–Trinajstić information content (AvgIpc) is 3.05. The van der Waals surface area contributed by atoms with Crippen LogP contribution in [0.3, 0.4) is 0 Å². The minimum atomic E-state index is -0.605. The van der Waals surface area contributed by atoms with Crippen LogP contribution in [0.5, 0.6) is 0 Å². The molecule has 2 fully saturated rings. The molecule has 2 N–H and O–H groups in total. The maximum Gasteiger partial charge on any atom is 0.233 e. The maximum atomic E-state index is 12.5. The minimum Gasteiger partial charge on any atom is -0.379 e. The van der Waals surface area contributed by atoms with E-state index >= 15 is 0 Å². The van der Waals surface area contributed by atoms with E-state index in [4.69, 9.17) is 16.9 Å². The molecule has 0 spiro atoms. The molecular weight excluding hydrogens is 216 g/mol. The van der Waals surface area contributed by atoms with Crippen molar-refractivity contribution in [2.75, 3.05) is 26.3 Å². The highest BCUT2D eigenvalue weighted by atomic mass is 16.5. The van der Waals surface area contributed by atoms with E-state index in [9.17, 15) is 4.79 Å². The van der Waals surface area contributed by atoms with Crippen molar-refractivity contribution in [3.63, 3.8) is 0 Å². The van der Waals surface area contributed by atoms with Crippen molar-refractivity contribution < 1.29 is 9.53 Å². The highest BCUT2D eigenvalue weighted by Crippen LogP contribution is 2.33. The van der Waals surface area contributed by atoms with Gasteiger partial charge in [-0.3, -0.25) is 4.79 Å². The zero-order valence-corrected chi connectivity index (χ0v) is 10.3. The third-order valence-corrected chi connectivity index (χ3v) is 3.75. The number of hydrogen-bond acceptors (Lipinski definition) is 3. The summed E-state index contributed by atoms with van der Waals surface area (Å²) in [6, 6.07) is -0.227. The number of nitrogens with zero attached hydrogens (tertiary/aromatic N) is 1. The lowest BCUT2D eigenvalue weighted by Crippen LogP contribution is -2.52. The van der Waals surface area contributed by atoms with E-state index in [0.717, 1.165) is 6.54 Å². The molecule has 0 aromatic carbocycles. The van der Waals surface area contributed by atoms with Gasteiger partial charge in [0, 0.05) is 12.6 Å². The Morgan fingerprint density at radius 1 is 1.65 bits per heavy atom. The quantitative estimate of drug-likeness (QED) is 0.711. The topological polar surface area (TPSA) is 55.6 Å². The molecule has 17 heavy (non-hydrogen) atoms. The van der Waals surface area contributed by atoms with Gasteiger partial charge >= 0.3 is 0 Å². The Morgan fingerprint density at radius 3 is 2.82 bits per heavy atom. The lowest BCUT2D eigenvalue weighted by molar-refractivity contribution is -0.141. The van der Waals surface area contributed by atoms with Gasteiger partial charge in [-0.1, -0.05) is 5.92 Å². The standard InChI is InChI=1S/C13H20N2O2/c1-3-6-15(7-10-4-5-10)12(16)13(2)9-17-8-11(13)14/h1,10-11H,4-9,14H2,2H3. The molecule has 1 saturated carbocycles. The molecule has 1 saturated heterocycles. The van der Waals surface area contributed by atoms with Gasteiger partial charge < -0.3 is 15.4 Å². The van der Waals surface area contributed by atoms with Crippen LogP contribution >= 0.6 is 0 Å². The van der Waals surface area contributed by atoms with Gasteiger partial charge in [0.15, 0.2) is 0 Å². The third kappa shape index (κ3) is 2.46. The monoisotopic (exact) mass is 236 g/mol. The molecular formula is C13H20N2O2. The van der Waals surface area contributed by atoms with Gasteiger partial charge in [0.1, 0.15) is 0 Å². The minimum absolute atomic E-state index is 0.0485. The molecule has 2 unspecified atom stereocenters. The van der Waals surface area contributed by atoms with Crippen LogP contribution in [0.2, 0.25) is 0 Å². The largest absolute Gasteiger partial charge is 0.379 e. The Balaban J connectivity index is 2.06. The number of carbonyl (C=O) groups excluding carboxylic acids is 1. The number of amides is 1. The SMILES string of the molecule is C#CCN(CC1CC1)C(=O)C1(C)COCC1N. The molecule has 2 aliphatic rings. The normalized spacial score (nSPS) is 32.2. The number of ether oxygens (including phenoxy) is 1. The predicted molar refractivity (Wildman–Crippen MR) is 65.0 cm³/mol. The van der Waals surface area contributed by atoms with Crippen LogP contribution in [-0.4, -0.2) is 43.2 Å². The second-order valence-corrected chi connectivity index (χ2v) is 5.37. The second-order valence-electron chi connectivity index (χ2n) is 5.37. The van der Waals surface area contributed by atoms with Crippen LogP contribution in [0, 0.1) is 23.7 Å². The molecule has 1 heterocycles. The van der Waals surface area contributed by atoms with Gasteiger partial charge in [-0.2, -0.15) is 0 Å². The molecule has 2 atom stereocenters. The third-order valence-electron chi connectivity index (χ3n) is 3.75. The molecule has 0 radical (unpaired) electrons. The van der Waals surface area contributed by atoms with Crippen molar-refractivity contribution in [3.05, 3.63) is 0 Å².